The molecule has 1 fully saturated rings. The Morgan fingerprint density at radius 2 is 2.00 bits per heavy atom. The van der Waals surface area contributed by atoms with E-state index in [2.05, 4.69) is 4.90 Å². The van der Waals surface area contributed by atoms with Crippen LogP contribution in [0.25, 0.3) is 0 Å². The molecule has 0 saturated carbocycles. The fourth-order valence-electron chi connectivity index (χ4n) is 2.06. The Morgan fingerprint density at radius 3 is 2.47 bits per heavy atom. The average molecular weight is 215 g/mol. The van der Waals surface area contributed by atoms with Gasteiger partial charge in [-0.2, -0.15) is 0 Å². The zero-order chi connectivity index (χ0) is 11.5. The molecule has 0 aromatic rings. The third kappa shape index (κ3) is 3.47. The molecule has 1 heterocycles. The van der Waals surface area contributed by atoms with Crippen molar-refractivity contribution in [2.45, 2.75) is 44.7 Å². The molecule has 0 aromatic heterocycles. The lowest BCUT2D eigenvalue weighted by molar-refractivity contribution is -0.140. The molecule has 0 bridgehead atoms. The summed E-state index contributed by atoms with van der Waals surface area (Å²) in [4.78, 5) is 12.9. The van der Waals surface area contributed by atoms with Crippen molar-refractivity contribution in [3.05, 3.63) is 0 Å². The number of carboxylic acids is 1. The summed E-state index contributed by atoms with van der Waals surface area (Å²) < 4.78 is 5.30. The van der Waals surface area contributed by atoms with E-state index in [0.29, 0.717) is 6.04 Å². The van der Waals surface area contributed by atoms with Gasteiger partial charge in [-0.15, -0.1) is 0 Å². The maximum Gasteiger partial charge on any atom is 0.305 e. The molecule has 15 heavy (non-hydrogen) atoms. The van der Waals surface area contributed by atoms with Crippen LogP contribution in [0.3, 0.4) is 0 Å². The topological polar surface area (TPSA) is 49.8 Å². The largest absolute Gasteiger partial charge is 0.481 e. The Balaban J connectivity index is 2.55. The minimum absolute atomic E-state index is 0.181. The number of nitrogens with zero attached hydrogens (tertiary/aromatic N) is 1. The van der Waals surface area contributed by atoms with Crippen molar-refractivity contribution in [2.24, 2.45) is 0 Å². The normalized spacial score (nSPS) is 19.5. The molecule has 1 aliphatic heterocycles. The lowest BCUT2D eigenvalue weighted by Crippen LogP contribution is -2.50. The smallest absolute Gasteiger partial charge is 0.305 e. The van der Waals surface area contributed by atoms with Crippen molar-refractivity contribution in [2.75, 3.05) is 20.3 Å². The Bertz CT molecular complexity index is 222. The summed E-state index contributed by atoms with van der Waals surface area (Å²) in [6, 6.07) is 0.452. The molecule has 0 unspecified atom stereocenters. The van der Waals surface area contributed by atoms with Crippen molar-refractivity contribution in [1.82, 2.24) is 4.90 Å². The van der Waals surface area contributed by atoms with Crippen LogP contribution in [-0.2, 0) is 9.53 Å². The van der Waals surface area contributed by atoms with E-state index in [9.17, 15) is 4.79 Å². The van der Waals surface area contributed by atoms with E-state index in [0.717, 1.165) is 26.1 Å². The lowest BCUT2D eigenvalue weighted by atomic mass is 9.94. The van der Waals surface area contributed by atoms with Gasteiger partial charge in [-0.05, 0) is 33.7 Å². The van der Waals surface area contributed by atoms with Gasteiger partial charge in [0.15, 0.2) is 0 Å². The Morgan fingerprint density at radius 1 is 1.47 bits per heavy atom. The van der Waals surface area contributed by atoms with Gasteiger partial charge < -0.3 is 9.84 Å². The fourth-order valence-corrected chi connectivity index (χ4v) is 2.06. The molecule has 4 nitrogen and oxygen atoms in total. The van der Waals surface area contributed by atoms with Crippen molar-refractivity contribution < 1.29 is 14.6 Å². The number of hydrogen-bond donors (Lipinski definition) is 1. The SMILES string of the molecule is CN(C1CCOCC1)C(C)(C)CC(=O)O. The zero-order valence-electron chi connectivity index (χ0n) is 9.82. The van der Waals surface area contributed by atoms with Crippen molar-refractivity contribution >= 4 is 5.97 Å². The van der Waals surface area contributed by atoms with Crippen LogP contribution in [0.5, 0.6) is 0 Å². The standard InChI is InChI=1S/C11H21NO3/c1-11(2,8-10(13)14)12(3)9-4-6-15-7-5-9/h9H,4-8H2,1-3H3,(H,13,14). The maximum atomic E-state index is 10.8. The Labute approximate surface area is 91.2 Å². The summed E-state index contributed by atoms with van der Waals surface area (Å²) in [6.07, 6.45) is 2.18. The predicted octanol–water partition coefficient (Wildman–Crippen LogP) is 1.35. The first kappa shape index (κ1) is 12.5. The summed E-state index contributed by atoms with van der Waals surface area (Å²) >= 11 is 0. The molecule has 0 aliphatic carbocycles. The van der Waals surface area contributed by atoms with Crippen LogP contribution in [-0.4, -0.2) is 47.8 Å². The van der Waals surface area contributed by atoms with Gasteiger partial charge in [0.25, 0.3) is 0 Å². The summed E-state index contributed by atoms with van der Waals surface area (Å²) in [5, 5.41) is 8.85. The number of hydrogen-bond acceptors (Lipinski definition) is 3. The molecule has 0 spiro atoms. The van der Waals surface area contributed by atoms with E-state index in [1.807, 2.05) is 20.9 Å². The Hall–Kier alpha value is -0.610. The molecule has 1 aliphatic rings. The summed E-state index contributed by atoms with van der Waals surface area (Å²) in [5.41, 5.74) is -0.284. The van der Waals surface area contributed by atoms with Gasteiger partial charge in [0.05, 0.1) is 6.42 Å². The second-order valence-electron chi connectivity index (χ2n) is 4.84. The van der Waals surface area contributed by atoms with Gasteiger partial charge in [0, 0.05) is 24.8 Å². The third-order valence-electron chi connectivity index (χ3n) is 3.28. The van der Waals surface area contributed by atoms with Gasteiger partial charge in [-0.25, -0.2) is 0 Å². The average Bonchev–Trinajstić information content (AvgIpc) is 2.16. The first-order valence-electron chi connectivity index (χ1n) is 5.46. The highest BCUT2D eigenvalue weighted by Crippen LogP contribution is 2.24. The van der Waals surface area contributed by atoms with Crippen molar-refractivity contribution in [3.8, 4) is 0 Å². The number of aliphatic carboxylic acids is 1. The van der Waals surface area contributed by atoms with Crippen LogP contribution >= 0.6 is 0 Å². The predicted molar refractivity (Wildman–Crippen MR) is 57.9 cm³/mol. The van der Waals surface area contributed by atoms with Crippen LogP contribution in [0.1, 0.15) is 33.1 Å². The van der Waals surface area contributed by atoms with Gasteiger partial charge in [-0.3, -0.25) is 9.69 Å². The van der Waals surface area contributed by atoms with E-state index in [4.69, 9.17) is 9.84 Å². The highest BCUT2D eigenvalue weighted by molar-refractivity contribution is 5.68. The van der Waals surface area contributed by atoms with Gasteiger partial charge >= 0.3 is 5.97 Å². The molecule has 1 rings (SSSR count). The lowest BCUT2D eigenvalue weighted by Gasteiger charge is -2.41. The van der Waals surface area contributed by atoms with E-state index in [1.54, 1.807) is 0 Å². The van der Waals surface area contributed by atoms with Crippen molar-refractivity contribution in [3.63, 3.8) is 0 Å². The van der Waals surface area contributed by atoms with Gasteiger partial charge in [-0.1, -0.05) is 0 Å². The highest BCUT2D eigenvalue weighted by Gasteiger charge is 2.32. The van der Waals surface area contributed by atoms with E-state index in [-0.39, 0.29) is 12.0 Å². The third-order valence-corrected chi connectivity index (χ3v) is 3.28. The second kappa shape index (κ2) is 4.94. The van der Waals surface area contributed by atoms with Crippen LogP contribution in [0.15, 0.2) is 0 Å². The molecule has 1 saturated heterocycles. The molecular formula is C11H21NO3. The molecule has 0 radical (unpaired) electrons. The summed E-state index contributed by atoms with van der Waals surface area (Å²) in [7, 11) is 2.01. The summed E-state index contributed by atoms with van der Waals surface area (Å²) in [6.45, 7) is 5.55. The minimum Gasteiger partial charge on any atom is -0.481 e. The fraction of sp³-hybridized carbons (Fsp3) is 0.909. The summed E-state index contributed by atoms with van der Waals surface area (Å²) in [5.74, 6) is -0.737. The van der Waals surface area contributed by atoms with E-state index >= 15 is 0 Å². The van der Waals surface area contributed by atoms with Gasteiger partial charge in [0.1, 0.15) is 0 Å². The first-order chi connectivity index (χ1) is 6.93. The second-order valence-corrected chi connectivity index (χ2v) is 4.84. The molecule has 0 atom stereocenters. The van der Waals surface area contributed by atoms with Crippen molar-refractivity contribution in [1.29, 1.82) is 0 Å². The molecule has 1 N–H and O–H groups in total. The van der Waals surface area contributed by atoms with Gasteiger partial charge in [0.2, 0.25) is 0 Å². The number of ether oxygens (including phenoxy) is 1. The first-order valence-corrected chi connectivity index (χ1v) is 5.46. The molecule has 0 amide bonds. The minimum atomic E-state index is -0.737. The highest BCUT2D eigenvalue weighted by atomic mass is 16.5. The Kier molecular flexibility index (Phi) is 4.11. The maximum absolute atomic E-state index is 10.8. The number of rotatable bonds is 4. The number of carbonyl (C=O) groups is 1. The van der Waals surface area contributed by atoms with E-state index < -0.39 is 5.97 Å². The molecule has 0 aromatic carbocycles. The van der Waals surface area contributed by atoms with E-state index in [1.165, 1.54) is 0 Å². The quantitative estimate of drug-likeness (QED) is 0.769. The molecule has 4 heteroatoms. The van der Waals surface area contributed by atoms with Crippen LogP contribution in [0.2, 0.25) is 0 Å². The van der Waals surface area contributed by atoms with Crippen LogP contribution in [0, 0.1) is 0 Å². The van der Waals surface area contributed by atoms with Crippen LogP contribution < -0.4 is 0 Å². The number of carboxylic acid groups (broad SMARTS) is 1. The molecule has 88 valence electrons. The zero-order valence-corrected chi connectivity index (χ0v) is 9.82. The molecular weight excluding hydrogens is 194 g/mol. The monoisotopic (exact) mass is 215 g/mol. The van der Waals surface area contributed by atoms with Crippen LogP contribution in [0.4, 0.5) is 0 Å².